The van der Waals surface area contributed by atoms with Crippen molar-refractivity contribution in [2.45, 2.75) is 38.1 Å². The highest BCUT2D eigenvalue weighted by Gasteiger charge is 2.30. The van der Waals surface area contributed by atoms with Gasteiger partial charge in [0.05, 0.1) is 0 Å². The molecule has 1 aliphatic carbocycles. The molecule has 0 amide bonds. The smallest absolute Gasteiger partial charge is 0.328 e. The fraction of sp³-hybridized carbons (Fsp3) is 0.462. The number of rotatable bonds is 2. The summed E-state index contributed by atoms with van der Waals surface area (Å²) in [6.45, 7) is 1.54. The maximum atomic E-state index is 11.1. The van der Waals surface area contributed by atoms with Gasteiger partial charge in [-0.1, -0.05) is 18.2 Å². The number of halogens is 1. The zero-order chi connectivity index (χ0) is 11.8. The molecule has 0 radical (unpaired) electrons. The molecule has 1 atom stereocenters. The molecular weight excluding hydrogens is 238 g/mol. The predicted molar refractivity (Wildman–Crippen MR) is 69.5 cm³/mol. The molecule has 94 valence electrons. The van der Waals surface area contributed by atoms with E-state index in [-0.39, 0.29) is 12.4 Å². The number of aliphatic carboxylic acids is 1. The highest BCUT2D eigenvalue weighted by atomic mass is 35.5. The van der Waals surface area contributed by atoms with Gasteiger partial charge in [0.15, 0.2) is 0 Å². The van der Waals surface area contributed by atoms with E-state index in [1.54, 1.807) is 6.92 Å². The van der Waals surface area contributed by atoms with Crippen LogP contribution in [0.5, 0.6) is 0 Å². The molecule has 3 nitrogen and oxygen atoms in total. The van der Waals surface area contributed by atoms with Gasteiger partial charge in [-0.2, -0.15) is 0 Å². The Balaban J connectivity index is 0.00000144. The lowest BCUT2D eigenvalue weighted by molar-refractivity contribution is -0.143. The molecule has 0 saturated heterocycles. The van der Waals surface area contributed by atoms with E-state index in [2.05, 4.69) is 0 Å². The number of hydrogen-bond donors (Lipinski definition) is 2. The van der Waals surface area contributed by atoms with E-state index < -0.39 is 11.5 Å². The molecule has 0 saturated carbocycles. The molecule has 0 aromatic heterocycles. The minimum atomic E-state index is -1.29. The number of benzene rings is 1. The Morgan fingerprint density at radius 1 is 1.29 bits per heavy atom. The van der Waals surface area contributed by atoms with Gasteiger partial charge in [0.25, 0.3) is 0 Å². The third-order valence-corrected chi connectivity index (χ3v) is 3.39. The number of carboxylic acids is 1. The maximum absolute atomic E-state index is 11.1. The van der Waals surface area contributed by atoms with Crippen LogP contribution in [0.2, 0.25) is 0 Å². The fourth-order valence-corrected chi connectivity index (χ4v) is 2.18. The summed E-state index contributed by atoms with van der Waals surface area (Å²) in [5.74, 6) is -0.983. The van der Waals surface area contributed by atoms with Crippen LogP contribution in [0.3, 0.4) is 0 Å². The first kappa shape index (κ1) is 14.0. The van der Waals surface area contributed by atoms with Crippen molar-refractivity contribution < 1.29 is 9.90 Å². The lowest BCUT2D eigenvalue weighted by Crippen LogP contribution is -2.41. The Morgan fingerprint density at radius 3 is 2.47 bits per heavy atom. The van der Waals surface area contributed by atoms with Gasteiger partial charge >= 0.3 is 5.97 Å². The minimum Gasteiger partial charge on any atom is -0.480 e. The molecule has 1 unspecified atom stereocenters. The van der Waals surface area contributed by atoms with Gasteiger partial charge in [0, 0.05) is 0 Å². The molecule has 0 bridgehead atoms. The van der Waals surface area contributed by atoms with Gasteiger partial charge in [0.1, 0.15) is 5.54 Å². The normalized spacial score (nSPS) is 17.5. The van der Waals surface area contributed by atoms with Crippen molar-refractivity contribution in [1.82, 2.24) is 0 Å². The lowest BCUT2D eigenvalue weighted by Gasteiger charge is -2.23. The second-order valence-electron chi connectivity index (χ2n) is 4.70. The molecule has 1 aliphatic rings. The highest BCUT2D eigenvalue weighted by Crippen LogP contribution is 2.26. The molecule has 4 heteroatoms. The monoisotopic (exact) mass is 255 g/mol. The molecule has 2 rings (SSSR count). The highest BCUT2D eigenvalue weighted by molar-refractivity contribution is 5.85. The van der Waals surface area contributed by atoms with E-state index in [1.165, 1.54) is 24.0 Å². The van der Waals surface area contributed by atoms with Crippen LogP contribution in [0.15, 0.2) is 18.2 Å². The first-order valence-electron chi connectivity index (χ1n) is 5.66. The van der Waals surface area contributed by atoms with Crippen LogP contribution in [-0.4, -0.2) is 11.1 Å². The summed E-state index contributed by atoms with van der Waals surface area (Å²) in [6.07, 6.45) is 4.55. The van der Waals surface area contributed by atoms with Gasteiger partial charge in [-0.05, 0) is 49.3 Å². The van der Waals surface area contributed by atoms with E-state index in [0.717, 1.165) is 12.8 Å². The maximum Gasteiger partial charge on any atom is 0.328 e. The minimum absolute atomic E-state index is 0. The van der Waals surface area contributed by atoms with E-state index in [1.807, 2.05) is 18.2 Å². The molecular formula is C13H18ClNO2. The van der Waals surface area contributed by atoms with Crippen molar-refractivity contribution in [1.29, 1.82) is 0 Å². The van der Waals surface area contributed by atoms with E-state index >= 15 is 0 Å². The van der Waals surface area contributed by atoms with Gasteiger partial charge in [-0.15, -0.1) is 12.4 Å². The van der Waals surface area contributed by atoms with Crippen LogP contribution in [0.25, 0.3) is 0 Å². The van der Waals surface area contributed by atoms with Crippen molar-refractivity contribution in [3.05, 3.63) is 34.9 Å². The second-order valence-corrected chi connectivity index (χ2v) is 4.70. The lowest BCUT2D eigenvalue weighted by atomic mass is 9.85. The summed E-state index contributed by atoms with van der Waals surface area (Å²) in [5, 5.41) is 9.07. The summed E-state index contributed by atoms with van der Waals surface area (Å²) in [4.78, 5) is 11.1. The standard InChI is InChI=1S/C13H17NO2.ClH/c1-13(14,12(15)16)11-7-6-9-4-2-3-5-10(9)8-11;/h6-8H,2-5,14H2,1H3,(H,15,16);1H. The van der Waals surface area contributed by atoms with Crippen molar-refractivity contribution in [3.63, 3.8) is 0 Å². The Kier molecular flexibility index (Phi) is 4.17. The number of carbonyl (C=O) groups is 1. The molecule has 0 aliphatic heterocycles. The van der Waals surface area contributed by atoms with Gasteiger partial charge in [-0.25, -0.2) is 4.79 Å². The summed E-state index contributed by atoms with van der Waals surface area (Å²) in [6, 6.07) is 5.83. The number of hydrogen-bond acceptors (Lipinski definition) is 2. The van der Waals surface area contributed by atoms with Gasteiger partial charge in [0.2, 0.25) is 0 Å². The number of carboxylic acid groups (broad SMARTS) is 1. The van der Waals surface area contributed by atoms with Gasteiger partial charge in [-0.3, -0.25) is 0 Å². The average Bonchev–Trinajstić information content (AvgIpc) is 2.28. The first-order valence-corrected chi connectivity index (χ1v) is 5.66. The third kappa shape index (κ3) is 2.61. The van der Waals surface area contributed by atoms with Crippen LogP contribution in [0, 0.1) is 0 Å². The van der Waals surface area contributed by atoms with E-state index in [9.17, 15) is 4.79 Å². The summed E-state index contributed by atoms with van der Waals surface area (Å²) in [5.41, 5.74) is 7.83. The van der Waals surface area contributed by atoms with E-state index in [4.69, 9.17) is 10.8 Å². The Morgan fingerprint density at radius 2 is 1.88 bits per heavy atom. The molecule has 1 aromatic carbocycles. The van der Waals surface area contributed by atoms with Gasteiger partial charge < -0.3 is 10.8 Å². The van der Waals surface area contributed by atoms with Crippen LogP contribution in [-0.2, 0) is 23.2 Å². The Bertz CT molecular complexity index is 429. The Hall–Kier alpha value is -1.06. The van der Waals surface area contributed by atoms with Crippen LogP contribution >= 0.6 is 12.4 Å². The zero-order valence-corrected chi connectivity index (χ0v) is 10.7. The second kappa shape index (κ2) is 5.07. The Labute approximate surface area is 107 Å². The molecule has 0 fully saturated rings. The van der Waals surface area contributed by atoms with Crippen molar-refractivity contribution in [3.8, 4) is 0 Å². The number of aryl methyl sites for hydroxylation is 2. The fourth-order valence-electron chi connectivity index (χ4n) is 2.18. The number of nitrogens with two attached hydrogens (primary N) is 1. The summed E-state index contributed by atoms with van der Waals surface area (Å²) >= 11 is 0. The third-order valence-electron chi connectivity index (χ3n) is 3.39. The molecule has 0 heterocycles. The molecule has 1 aromatic rings. The summed E-state index contributed by atoms with van der Waals surface area (Å²) in [7, 11) is 0. The van der Waals surface area contributed by atoms with Crippen LogP contribution in [0.4, 0.5) is 0 Å². The zero-order valence-electron chi connectivity index (χ0n) is 9.90. The molecule has 17 heavy (non-hydrogen) atoms. The van der Waals surface area contributed by atoms with Crippen LogP contribution in [0.1, 0.15) is 36.5 Å². The van der Waals surface area contributed by atoms with Crippen molar-refractivity contribution in [2.75, 3.05) is 0 Å². The number of fused-ring (bicyclic) bond motifs is 1. The quantitative estimate of drug-likeness (QED) is 0.852. The van der Waals surface area contributed by atoms with Crippen molar-refractivity contribution in [2.24, 2.45) is 5.73 Å². The van der Waals surface area contributed by atoms with Crippen LogP contribution < -0.4 is 5.73 Å². The summed E-state index contributed by atoms with van der Waals surface area (Å²) < 4.78 is 0. The van der Waals surface area contributed by atoms with E-state index in [0.29, 0.717) is 5.56 Å². The molecule has 0 spiro atoms. The first-order chi connectivity index (χ1) is 7.51. The average molecular weight is 256 g/mol. The SMILES string of the molecule is CC(N)(C(=O)O)c1ccc2c(c1)CCCC2.Cl. The topological polar surface area (TPSA) is 63.3 Å². The largest absolute Gasteiger partial charge is 0.480 e. The predicted octanol–water partition coefficient (Wildman–Crippen LogP) is 2.25. The molecule has 3 N–H and O–H groups in total. The van der Waals surface area contributed by atoms with Crippen molar-refractivity contribution >= 4 is 18.4 Å².